The number of likely N-dealkylation sites (tertiary alicyclic amines) is 1. The maximum absolute atomic E-state index is 12.7. The SMILES string of the molecule is NC(=O)N1CCC(Oc2ccc(C(F)(F)F)cc2)(c2ccccc2)CC1. The highest BCUT2D eigenvalue weighted by atomic mass is 19.4. The molecule has 2 amide bonds. The normalized spacial score (nSPS) is 17.0. The summed E-state index contributed by atoms with van der Waals surface area (Å²) in [4.78, 5) is 12.9. The minimum atomic E-state index is -4.39. The lowest BCUT2D eigenvalue weighted by molar-refractivity contribution is -0.137. The van der Waals surface area contributed by atoms with Gasteiger partial charge < -0.3 is 15.4 Å². The Kier molecular flexibility index (Phi) is 4.80. The molecule has 1 aliphatic heterocycles. The van der Waals surface area contributed by atoms with Gasteiger partial charge in [0.1, 0.15) is 11.4 Å². The number of hydrogen-bond acceptors (Lipinski definition) is 2. The first-order valence-electron chi connectivity index (χ1n) is 8.26. The van der Waals surface area contributed by atoms with Gasteiger partial charge in [0.05, 0.1) is 5.56 Å². The van der Waals surface area contributed by atoms with E-state index in [9.17, 15) is 18.0 Å². The topological polar surface area (TPSA) is 55.6 Å². The molecule has 1 saturated heterocycles. The lowest BCUT2D eigenvalue weighted by Crippen LogP contribution is -2.49. The van der Waals surface area contributed by atoms with E-state index in [0.717, 1.165) is 17.7 Å². The molecule has 0 spiro atoms. The molecule has 0 aliphatic carbocycles. The van der Waals surface area contributed by atoms with Gasteiger partial charge in [-0.1, -0.05) is 30.3 Å². The maximum atomic E-state index is 12.7. The molecule has 0 aromatic heterocycles. The van der Waals surface area contributed by atoms with E-state index in [1.165, 1.54) is 17.0 Å². The molecule has 0 radical (unpaired) electrons. The summed E-state index contributed by atoms with van der Waals surface area (Å²) in [6.45, 7) is 0.843. The summed E-state index contributed by atoms with van der Waals surface area (Å²) in [7, 11) is 0. The highest BCUT2D eigenvalue weighted by Crippen LogP contribution is 2.38. The fraction of sp³-hybridized carbons (Fsp3) is 0.316. The first-order valence-corrected chi connectivity index (χ1v) is 8.26. The van der Waals surface area contributed by atoms with Crippen molar-refractivity contribution in [1.82, 2.24) is 4.90 Å². The number of ether oxygens (including phenoxy) is 1. The zero-order valence-corrected chi connectivity index (χ0v) is 14.0. The number of hydrogen-bond donors (Lipinski definition) is 1. The van der Waals surface area contributed by atoms with Crippen LogP contribution in [-0.4, -0.2) is 24.0 Å². The van der Waals surface area contributed by atoms with Gasteiger partial charge in [-0.2, -0.15) is 13.2 Å². The standard InChI is InChI=1S/C19H19F3N2O2/c20-19(21,22)15-6-8-16(9-7-15)26-18(14-4-2-1-3-5-14)10-12-24(13-11-18)17(23)25/h1-9H,10-13H2,(H2,23,25). The first-order chi connectivity index (χ1) is 12.3. The van der Waals surface area contributed by atoms with E-state index in [1.54, 1.807) is 0 Å². The lowest BCUT2D eigenvalue weighted by Gasteiger charge is -2.41. The second kappa shape index (κ2) is 6.90. The van der Waals surface area contributed by atoms with E-state index in [0.29, 0.717) is 31.7 Å². The molecule has 2 aromatic carbocycles. The van der Waals surface area contributed by atoms with Crippen LogP contribution >= 0.6 is 0 Å². The zero-order valence-electron chi connectivity index (χ0n) is 14.0. The van der Waals surface area contributed by atoms with Gasteiger partial charge in [0.25, 0.3) is 0 Å². The van der Waals surface area contributed by atoms with Gasteiger partial charge >= 0.3 is 12.2 Å². The number of carbonyl (C=O) groups excluding carboxylic acids is 1. The molecule has 26 heavy (non-hydrogen) atoms. The summed E-state index contributed by atoms with van der Waals surface area (Å²) >= 11 is 0. The Morgan fingerprint density at radius 2 is 1.58 bits per heavy atom. The Labute approximate surface area is 149 Å². The van der Waals surface area contributed by atoms with Gasteiger partial charge in [-0.05, 0) is 29.8 Å². The quantitative estimate of drug-likeness (QED) is 0.889. The molecule has 1 aliphatic rings. The predicted octanol–water partition coefficient (Wildman–Crippen LogP) is 4.15. The number of primary amides is 1. The third-order valence-corrected chi connectivity index (χ3v) is 4.68. The third-order valence-electron chi connectivity index (χ3n) is 4.68. The van der Waals surface area contributed by atoms with Crippen molar-refractivity contribution in [3.63, 3.8) is 0 Å². The summed E-state index contributed by atoms with van der Waals surface area (Å²) in [5.74, 6) is 0.356. The average Bonchev–Trinajstić information content (AvgIpc) is 2.62. The number of nitrogens with zero attached hydrogens (tertiary/aromatic N) is 1. The minimum absolute atomic E-state index is 0.356. The molecule has 0 atom stereocenters. The fourth-order valence-corrected chi connectivity index (χ4v) is 3.22. The van der Waals surface area contributed by atoms with Crippen molar-refractivity contribution in [3.8, 4) is 5.75 Å². The Balaban J connectivity index is 1.87. The summed E-state index contributed by atoms with van der Waals surface area (Å²) in [6, 6.07) is 13.7. The van der Waals surface area contributed by atoms with Crippen LogP contribution in [0.3, 0.4) is 0 Å². The minimum Gasteiger partial charge on any atom is -0.482 e. The van der Waals surface area contributed by atoms with Crippen molar-refractivity contribution < 1.29 is 22.7 Å². The fourth-order valence-electron chi connectivity index (χ4n) is 3.22. The van der Waals surface area contributed by atoms with Gasteiger partial charge in [0.15, 0.2) is 0 Å². The maximum Gasteiger partial charge on any atom is 0.416 e. The number of benzene rings is 2. The monoisotopic (exact) mass is 364 g/mol. The van der Waals surface area contributed by atoms with Crippen molar-refractivity contribution in [2.24, 2.45) is 5.73 Å². The molecular formula is C19H19F3N2O2. The number of halogens is 3. The molecule has 4 nitrogen and oxygen atoms in total. The Morgan fingerprint density at radius 1 is 1.00 bits per heavy atom. The van der Waals surface area contributed by atoms with Gasteiger partial charge in [-0.15, -0.1) is 0 Å². The predicted molar refractivity (Wildman–Crippen MR) is 90.6 cm³/mol. The van der Waals surface area contributed by atoms with Crippen LogP contribution in [-0.2, 0) is 11.8 Å². The number of nitrogens with two attached hydrogens (primary N) is 1. The molecule has 2 aromatic rings. The largest absolute Gasteiger partial charge is 0.482 e. The molecule has 138 valence electrons. The van der Waals surface area contributed by atoms with Crippen LogP contribution in [0.15, 0.2) is 54.6 Å². The van der Waals surface area contributed by atoms with Crippen molar-refractivity contribution in [3.05, 3.63) is 65.7 Å². The number of amides is 2. The smallest absolute Gasteiger partial charge is 0.416 e. The van der Waals surface area contributed by atoms with Gasteiger partial charge in [-0.25, -0.2) is 4.79 Å². The van der Waals surface area contributed by atoms with Crippen molar-refractivity contribution in [2.45, 2.75) is 24.6 Å². The lowest BCUT2D eigenvalue weighted by atomic mass is 9.84. The van der Waals surface area contributed by atoms with E-state index in [2.05, 4.69) is 0 Å². The third kappa shape index (κ3) is 3.76. The van der Waals surface area contributed by atoms with E-state index in [-0.39, 0.29) is 0 Å². The Bertz CT molecular complexity index is 753. The number of carbonyl (C=O) groups is 1. The molecule has 1 fully saturated rings. The van der Waals surface area contributed by atoms with Crippen LogP contribution in [0.5, 0.6) is 5.75 Å². The van der Waals surface area contributed by atoms with E-state index in [4.69, 9.17) is 10.5 Å². The van der Waals surface area contributed by atoms with Gasteiger partial charge in [0, 0.05) is 25.9 Å². The number of urea groups is 1. The molecule has 7 heteroatoms. The molecule has 3 rings (SSSR count). The Hall–Kier alpha value is -2.70. The van der Waals surface area contributed by atoms with Crippen LogP contribution in [0.4, 0.5) is 18.0 Å². The molecule has 0 saturated carbocycles. The second-order valence-electron chi connectivity index (χ2n) is 6.31. The number of piperidine rings is 1. The summed E-state index contributed by atoms with van der Waals surface area (Å²) in [5.41, 5.74) is 4.83. The summed E-state index contributed by atoms with van der Waals surface area (Å²) < 4.78 is 44.4. The molecule has 0 unspecified atom stereocenters. The second-order valence-corrected chi connectivity index (χ2v) is 6.31. The summed E-state index contributed by atoms with van der Waals surface area (Å²) in [5, 5.41) is 0. The Morgan fingerprint density at radius 3 is 2.08 bits per heavy atom. The van der Waals surface area contributed by atoms with Crippen LogP contribution in [0.1, 0.15) is 24.0 Å². The van der Waals surface area contributed by atoms with Crippen molar-refractivity contribution in [2.75, 3.05) is 13.1 Å². The molecular weight excluding hydrogens is 345 g/mol. The van der Waals surface area contributed by atoms with Gasteiger partial charge in [-0.3, -0.25) is 0 Å². The van der Waals surface area contributed by atoms with E-state index >= 15 is 0 Å². The van der Waals surface area contributed by atoms with Crippen LogP contribution in [0.25, 0.3) is 0 Å². The van der Waals surface area contributed by atoms with Crippen molar-refractivity contribution >= 4 is 6.03 Å². The summed E-state index contributed by atoms with van der Waals surface area (Å²) in [6.07, 6.45) is -3.38. The van der Waals surface area contributed by atoms with Crippen LogP contribution < -0.4 is 10.5 Å². The first kappa shape index (κ1) is 18.1. The van der Waals surface area contributed by atoms with Crippen LogP contribution in [0.2, 0.25) is 0 Å². The highest BCUT2D eigenvalue weighted by Gasteiger charge is 2.39. The van der Waals surface area contributed by atoms with Crippen LogP contribution in [0, 0.1) is 0 Å². The number of rotatable bonds is 3. The molecule has 1 heterocycles. The van der Waals surface area contributed by atoms with Gasteiger partial charge in [0.2, 0.25) is 0 Å². The van der Waals surface area contributed by atoms with Crippen molar-refractivity contribution in [1.29, 1.82) is 0 Å². The zero-order chi connectivity index (χ0) is 18.8. The highest BCUT2D eigenvalue weighted by molar-refractivity contribution is 5.72. The average molecular weight is 364 g/mol. The molecule has 0 bridgehead atoms. The number of alkyl halides is 3. The van der Waals surface area contributed by atoms with E-state index < -0.39 is 23.4 Å². The molecule has 2 N–H and O–H groups in total. The van der Waals surface area contributed by atoms with E-state index in [1.807, 2.05) is 30.3 Å².